The summed E-state index contributed by atoms with van der Waals surface area (Å²) in [6.45, 7) is 7.29. The number of hydrogen-bond donors (Lipinski definition) is 2. The van der Waals surface area contributed by atoms with Crippen LogP contribution in [-0.4, -0.2) is 23.4 Å². The molecule has 0 amide bonds. The molecule has 0 aromatic rings. The van der Waals surface area contributed by atoms with E-state index in [1.165, 1.54) is 25.7 Å². The zero-order valence-corrected chi connectivity index (χ0v) is 11.1. The second-order valence-corrected chi connectivity index (χ2v) is 6.13. The van der Waals surface area contributed by atoms with Gasteiger partial charge in [-0.15, -0.1) is 0 Å². The van der Waals surface area contributed by atoms with Gasteiger partial charge in [-0.25, -0.2) is 0 Å². The van der Waals surface area contributed by atoms with Crippen LogP contribution in [0, 0.1) is 16.7 Å². The highest BCUT2D eigenvalue weighted by Gasteiger charge is 2.50. The van der Waals surface area contributed by atoms with E-state index in [0.29, 0.717) is 12.5 Å². The predicted molar refractivity (Wildman–Crippen MR) is 67.3 cm³/mol. The van der Waals surface area contributed by atoms with Gasteiger partial charge in [0.05, 0.1) is 0 Å². The fourth-order valence-electron chi connectivity index (χ4n) is 3.47. The smallest absolute Gasteiger partial charge is 0.0487 e. The van der Waals surface area contributed by atoms with Crippen molar-refractivity contribution in [3.8, 4) is 0 Å². The lowest BCUT2D eigenvalue weighted by atomic mass is 9.50. The van der Waals surface area contributed by atoms with Crippen molar-refractivity contribution in [3.63, 3.8) is 0 Å². The lowest BCUT2D eigenvalue weighted by Crippen LogP contribution is -2.49. The lowest BCUT2D eigenvalue weighted by Gasteiger charge is -2.55. The molecule has 2 heteroatoms. The average Bonchev–Trinajstić information content (AvgIpc) is 2.24. The van der Waals surface area contributed by atoms with Crippen molar-refractivity contribution in [2.45, 2.75) is 59.3 Å². The van der Waals surface area contributed by atoms with E-state index < -0.39 is 0 Å². The van der Waals surface area contributed by atoms with Gasteiger partial charge in [0.2, 0.25) is 0 Å². The molecular formula is C14H28O2. The van der Waals surface area contributed by atoms with Crippen LogP contribution in [-0.2, 0) is 0 Å². The molecule has 0 bridgehead atoms. The van der Waals surface area contributed by atoms with Crippen molar-refractivity contribution in [1.82, 2.24) is 0 Å². The van der Waals surface area contributed by atoms with Crippen molar-refractivity contribution in [2.24, 2.45) is 16.7 Å². The van der Waals surface area contributed by atoms with Gasteiger partial charge in [0.1, 0.15) is 0 Å². The molecule has 16 heavy (non-hydrogen) atoms. The van der Waals surface area contributed by atoms with Crippen LogP contribution in [0.15, 0.2) is 0 Å². The van der Waals surface area contributed by atoms with E-state index in [9.17, 15) is 10.2 Å². The minimum atomic E-state index is 0.109. The monoisotopic (exact) mass is 228 g/mol. The van der Waals surface area contributed by atoms with Gasteiger partial charge in [-0.1, -0.05) is 33.6 Å². The van der Waals surface area contributed by atoms with Crippen LogP contribution in [0.5, 0.6) is 0 Å². The van der Waals surface area contributed by atoms with Crippen LogP contribution in [0.1, 0.15) is 59.3 Å². The summed E-state index contributed by atoms with van der Waals surface area (Å²) < 4.78 is 0. The lowest BCUT2D eigenvalue weighted by molar-refractivity contribution is -0.0931. The van der Waals surface area contributed by atoms with Gasteiger partial charge in [0, 0.05) is 13.2 Å². The standard InChI is InChI=1S/C14H28O2/c1-4-5-7-13(2,9-10-15)12-6-8-14(12,3)11-16/h12,15-16H,4-11H2,1-3H3. The maximum Gasteiger partial charge on any atom is 0.0487 e. The molecule has 0 aromatic heterocycles. The first-order valence-electron chi connectivity index (χ1n) is 6.74. The molecule has 3 unspecified atom stereocenters. The molecule has 2 N–H and O–H groups in total. The molecular weight excluding hydrogens is 200 g/mol. The van der Waals surface area contributed by atoms with Crippen LogP contribution in [0.25, 0.3) is 0 Å². The van der Waals surface area contributed by atoms with E-state index in [1.54, 1.807) is 0 Å². The first-order valence-corrected chi connectivity index (χ1v) is 6.74. The fourth-order valence-corrected chi connectivity index (χ4v) is 3.47. The Bertz CT molecular complexity index is 213. The quantitative estimate of drug-likeness (QED) is 0.703. The zero-order chi connectivity index (χ0) is 12.2. The van der Waals surface area contributed by atoms with Gasteiger partial charge < -0.3 is 10.2 Å². The fraction of sp³-hybridized carbons (Fsp3) is 1.00. The number of aliphatic hydroxyl groups is 2. The van der Waals surface area contributed by atoms with Gasteiger partial charge in [-0.3, -0.25) is 0 Å². The summed E-state index contributed by atoms with van der Waals surface area (Å²) in [6.07, 6.45) is 6.87. The summed E-state index contributed by atoms with van der Waals surface area (Å²) in [5.74, 6) is 0.587. The number of rotatable bonds is 7. The number of aliphatic hydroxyl groups excluding tert-OH is 2. The molecule has 1 aliphatic carbocycles. The van der Waals surface area contributed by atoms with Gasteiger partial charge in [-0.05, 0) is 42.4 Å². The Hall–Kier alpha value is -0.0800. The zero-order valence-electron chi connectivity index (χ0n) is 11.1. The summed E-state index contributed by atoms with van der Waals surface area (Å²) in [5, 5.41) is 18.8. The third-order valence-corrected chi connectivity index (χ3v) is 4.83. The van der Waals surface area contributed by atoms with E-state index in [4.69, 9.17) is 0 Å². The molecule has 1 fully saturated rings. The van der Waals surface area contributed by atoms with Crippen molar-refractivity contribution in [3.05, 3.63) is 0 Å². The maximum absolute atomic E-state index is 9.51. The summed E-state index contributed by atoms with van der Waals surface area (Å²) >= 11 is 0. The Morgan fingerprint density at radius 1 is 1.31 bits per heavy atom. The second kappa shape index (κ2) is 5.50. The van der Waals surface area contributed by atoms with Gasteiger partial charge >= 0.3 is 0 Å². The van der Waals surface area contributed by atoms with Gasteiger partial charge in [0.15, 0.2) is 0 Å². The van der Waals surface area contributed by atoms with E-state index in [0.717, 1.165) is 12.8 Å². The minimum Gasteiger partial charge on any atom is -0.396 e. The Morgan fingerprint density at radius 2 is 2.00 bits per heavy atom. The molecule has 0 aliphatic heterocycles. The largest absolute Gasteiger partial charge is 0.396 e. The first kappa shape index (κ1) is 14.0. The molecule has 0 spiro atoms. The molecule has 0 aromatic carbocycles. The molecule has 96 valence electrons. The SMILES string of the molecule is CCCCC(C)(CCO)C1CCC1(C)CO. The first-order chi connectivity index (χ1) is 7.52. The third-order valence-electron chi connectivity index (χ3n) is 4.83. The highest BCUT2D eigenvalue weighted by molar-refractivity contribution is 5.00. The minimum absolute atomic E-state index is 0.109. The van der Waals surface area contributed by atoms with Crippen LogP contribution < -0.4 is 0 Å². The Balaban J connectivity index is 2.69. The molecule has 3 atom stereocenters. The summed E-state index contributed by atoms with van der Waals surface area (Å²) in [4.78, 5) is 0. The third kappa shape index (κ3) is 2.60. The van der Waals surface area contributed by atoms with Crippen molar-refractivity contribution in [1.29, 1.82) is 0 Å². The molecule has 2 nitrogen and oxygen atoms in total. The Labute approximate surface area is 100 Å². The number of hydrogen-bond acceptors (Lipinski definition) is 2. The van der Waals surface area contributed by atoms with E-state index in [-0.39, 0.29) is 17.4 Å². The van der Waals surface area contributed by atoms with E-state index in [2.05, 4.69) is 20.8 Å². The second-order valence-electron chi connectivity index (χ2n) is 6.13. The molecule has 1 rings (SSSR count). The Kier molecular flexibility index (Phi) is 4.81. The van der Waals surface area contributed by atoms with E-state index in [1.807, 2.05) is 0 Å². The maximum atomic E-state index is 9.51. The highest BCUT2D eigenvalue weighted by atomic mass is 16.3. The van der Waals surface area contributed by atoms with Crippen LogP contribution in [0.2, 0.25) is 0 Å². The van der Waals surface area contributed by atoms with Crippen LogP contribution in [0.4, 0.5) is 0 Å². The number of unbranched alkanes of at least 4 members (excludes halogenated alkanes) is 1. The molecule has 1 saturated carbocycles. The average molecular weight is 228 g/mol. The van der Waals surface area contributed by atoms with Gasteiger partial charge in [-0.2, -0.15) is 0 Å². The Morgan fingerprint density at radius 3 is 2.38 bits per heavy atom. The van der Waals surface area contributed by atoms with Crippen LogP contribution in [0.3, 0.4) is 0 Å². The summed E-state index contributed by atoms with van der Waals surface area (Å²) in [6, 6.07) is 0. The summed E-state index contributed by atoms with van der Waals surface area (Å²) in [7, 11) is 0. The molecule has 0 heterocycles. The van der Waals surface area contributed by atoms with E-state index >= 15 is 0 Å². The van der Waals surface area contributed by atoms with Crippen molar-refractivity contribution >= 4 is 0 Å². The van der Waals surface area contributed by atoms with Crippen molar-refractivity contribution in [2.75, 3.05) is 13.2 Å². The summed E-state index contributed by atoms with van der Waals surface area (Å²) in [5.41, 5.74) is 0.331. The predicted octanol–water partition coefficient (Wildman–Crippen LogP) is 2.97. The van der Waals surface area contributed by atoms with Crippen LogP contribution >= 0.6 is 0 Å². The molecule has 1 aliphatic rings. The normalized spacial score (nSPS) is 33.2. The topological polar surface area (TPSA) is 40.5 Å². The molecule has 0 radical (unpaired) electrons. The highest BCUT2D eigenvalue weighted by Crippen LogP contribution is 2.57. The molecule has 0 saturated heterocycles. The van der Waals surface area contributed by atoms with Gasteiger partial charge in [0.25, 0.3) is 0 Å². The van der Waals surface area contributed by atoms with Crippen molar-refractivity contribution < 1.29 is 10.2 Å².